The second kappa shape index (κ2) is 14.2. The van der Waals surface area contributed by atoms with Crippen LogP contribution in [0.25, 0.3) is 10.9 Å². The van der Waals surface area contributed by atoms with E-state index in [9.17, 15) is 4.79 Å². The standard InChI is InChI=1S/C22H37N5O/c23-11-3-4-12-24-13-5-6-14-25-15-7-8-16-26-22(28)17-19-18-27-21-10-2-1-9-20(19)21/h1-2,9-10,18,24-25,27H,3-8,11-17,23H2,(H,26,28). The van der Waals surface area contributed by atoms with E-state index in [1.165, 1.54) is 19.3 Å². The van der Waals surface area contributed by atoms with Crippen LogP contribution in [0, 0.1) is 0 Å². The van der Waals surface area contributed by atoms with Crippen LogP contribution in [-0.2, 0) is 11.2 Å². The Morgan fingerprint density at radius 2 is 1.46 bits per heavy atom. The quantitative estimate of drug-likeness (QED) is 0.286. The summed E-state index contributed by atoms with van der Waals surface area (Å²) in [6.45, 7) is 5.79. The summed E-state index contributed by atoms with van der Waals surface area (Å²) in [5, 5.41) is 11.1. The molecule has 0 aliphatic heterocycles. The van der Waals surface area contributed by atoms with Crippen molar-refractivity contribution < 1.29 is 4.79 Å². The number of aromatic amines is 1. The van der Waals surface area contributed by atoms with Gasteiger partial charge in [-0.3, -0.25) is 4.79 Å². The van der Waals surface area contributed by atoms with Crippen molar-refractivity contribution in [2.24, 2.45) is 5.73 Å². The molecule has 0 atom stereocenters. The molecule has 2 aromatic rings. The molecule has 2 rings (SSSR count). The monoisotopic (exact) mass is 387 g/mol. The highest BCUT2D eigenvalue weighted by atomic mass is 16.1. The van der Waals surface area contributed by atoms with Gasteiger partial charge in [0.2, 0.25) is 5.91 Å². The van der Waals surface area contributed by atoms with Crippen molar-refractivity contribution in [2.45, 2.75) is 44.9 Å². The van der Waals surface area contributed by atoms with Gasteiger partial charge >= 0.3 is 0 Å². The second-order valence-electron chi connectivity index (χ2n) is 7.30. The Morgan fingerprint density at radius 1 is 0.857 bits per heavy atom. The Kier molecular flexibility index (Phi) is 11.3. The number of hydrogen-bond acceptors (Lipinski definition) is 4. The van der Waals surface area contributed by atoms with Gasteiger partial charge in [-0.15, -0.1) is 0 Å². The molecule has 6 heteroatoms. The molecule has 0 fully saturated rings. The van der Waals surface area contributed by atoms with Gasteiger partial charge in [0.1, 0.15) is 0 Å². The minimum Gasteiger partial charge on any atom is -0.361 e. The van der Waals surface area contributed by atoms with Crippen molar-refractivity contribution in [2.75, 3.05) is 39.3 Å². The summed E-state index contributed by atoms with van der Waals surface area (Å²) in [6, 6.07) is 8.09. The number of carbonyl (C=O) groups excluding carboxylic acids is 1. The number of fused-ring (bicyclic) bond motifs is 1. The highest BCUT2D eigenvalue weighted by Gasteiger charge is 2.07. The van der Waals surface area contributed by atoms with Gasteiger partial charge in [0.15, 0.2) is 0 Å². The summed E-state index contributed by atoms with van der Waals surface area (Å²) >= 11 is 0. The molecular formula is C22H37N5O. The van der Waals surface area contributed by atoms with Crippen LogP contribution in [0.2, 0.25) is 0 Å². The van der Waals surface area contributed by atoms with Crippen LogP contribution >= 0.6 is 0 Å². The minimum absolute atomic E-state index is 0.0941. The number of carbonyl (C=O) groups is 1. The van der Waals surface area contributed by atoms with Crippen molar-refractivity contribution >= 4 is 16.8 Å². The average Bonchev–Trinajstić information content (AvgIpc) is 3.11. The molecule has 6 nitrogen and oxygen atoms in total. The molecule has 6 N–H and O–H groups in total. The number of rotatable bonds is 16. The average molecular weight is 388 g/mol. The summed E-state index contributed by atoms with van der Waals surface area (Å²) in [7, 11) is 0. The number of benzene rings is 1. The first-order valence-electron chi connectivity index (χ1n) is 10.7. The van der Waals surface area contributed by atoms with Crippen LogP contribution in [-0.4, -0.2) is 50.2 Å². The Bertz CT molecular complexity index is 670. The van der Waals surface area contributed by atoms with Gasteiger partial charge in [0, 0.05) is 23.6 Å². The molecule has 1 heterocycles. The van der Waals surface area contributed by atoms with Gasteiger partial charge in [-0.05, 0) is 82.9 Å². The van der Waals surface area contributed by atoms with Crippen LogP contribution in [0.4, 0.5) is 0 Å². The summed E-state index contributed by atoms with van der Waals surface area (Å²) < 4.78 is 0. The fourth-order valence-corrected chi connectivity index (χ4v) is 3.26. The molecule has 1 aromatic heterocycles. The van der Waals surface area contributed by atoms with E-state index >= 15 is 0 Å². The zero-order chi connectivity index (χ0) is 19.9. The molecule has 0 saturated carbocycles. The summed E-state index contributed by atoms with van der Waals surface area (Å²) in [5.74, 6) is 0.0941. The lowest BCUT2D eigenvalue weighted by Crippen LogP contribution is -2.27. The predicted molar refractivity (Wildman–Crippen MR) is 118 cm³/mol. The van der Waals surface area contributed by atoms with Crippen molar-refractivity contribution in [1.29, 1.82) is 0 Å². The number of aromatic nitrogens is 1. The predicted octanol–water partition coefficient (Wildman–Crippen LogP) is 2.31. The van der Waals surface area contributed by atoms with E-state index in [-0.39, 0.29) is 5.91 Å². The maximum Gasteiger partial charge on any atom is 0.224 e. The molecule has 0 unspecified atom stereocenters. The van der Waals surface area contributed by atoms with Crippen molar-refractivity contribution in [1.82, 2.24) is 20.9 Å². The number of nitrogens with two attached hydrogens (primary N) is 1. The molecule has 0 spiro atoms. The molecule has 0 aliphatic carbocycles. The van der Waals surface area contributed by atoms with Crippen LogP contribution in [0.5, 0.6) is 0 Å². The molecule has 28 heavy (non-hydrogen) atoms. The van der Waals surface area contributed by atoms with Gasteiger partial charge in [-0.2, -0.15) is 0 Å². The van der Waals surface area contributed by atoms with E-state index in [2.05, 4.69) is 27.0 Å². The van der Waals surface area contributed by atoms with Gasteiger partial charge in [0.05, 0.1) is 6.42 Å². The second-order valence-corrected chi connectivity index (χ2v) is 7.30. The lowest BCUT2D eigenvalue weighted by atomic mass is 10.1. The first kappa shape index (κ1) is 22.4. The Morgan fingerprint density at radius 3 is 2.14 bits per heavy atom. The first-order chi connectivity index (χ1) is 13.8. The number of unbranched alkanes of at least 4 members (excludes halogenated alkanes) is 3. The summed E-state index contributed by atoms with van der Waals surface area (Å²) in [5.41, 5.74) is 7.61. The fourth-order valence-electron chi connectivity index (χ4n) is 3.26. The molecule has 0 saturated heterocycles. The van der Waals surface area contributed by atoms with Crippen molar-refractivity contribution in [3.05, 3.63) is 36.0 Å². The number of nitrogens with one attached hydrogen (secondary N) is 4. The van der Waals surface area contributed by atoms with E-state index in [0.29, 0.717) is 6.42 Å². The topological polar surface area (TPSA) is 95.0 Å². The van der Waals surface area contributed by atoms with E-state index in [4.69, 9.17) is 5.73 Å². The maximum absolute atomic E-state index is 12.1. The van der Waals surface area contributed by atoms with E-state index < -0.39 is 0 Å². The van der Waals surface area contributed by atoms with E-state index in [1.807, 2.05) is 24.4 Å². The Labute approximate surface area is 169 Å². The van der Waals surface area contributed by atoms with Crippen LogP contribution in [0.3, 0.4) is 0 Å². The first-order valence-corrected chi connectivity index (χ1v) is 10.7. The molecule has 0 radical (unpaired) electrons. The van der Waals surface area contributed by atoms with E-state index in [1.54, 1.807) is 0 Å². The third-order valence-corrected chi connectivity index (χ3v) is 4.89. The molecule has 156 valence electrons. The highest BCUT2D eigenvalue weighted by Crippen LogP contribution is 2.17. The lowest BCUT2D eigenvalue weighted by Gasteiger charge is -2.07. The fraction of sp³-hybridized carbons (Fsp3) is 0.591. The minimum atomic E-state index is 0.0941. The molecule has 0 bridgehead atoms. The SMILES string of the molecule is NCCCCNCCCCNCCCCNC(=O)Cc1c[nH]c2ccccc12. The van der Waals surface area contributed by atoms with Crippen molar-refractivity contribution in [3.8, 4) is 0 Å². The lowest BCUT2D eigenvalue weighted by molar-refractivity contribution is -0.120. The maximum atomic E-state index is 12.1. The third-order valence-electron chi connectivity index (χ3n) is 4.89. The molecule has 0 aliphatic rings. The van der Waals surface area contributed by atoms with Crippen LogP contribution < -0.4 is 21.7 Å². The summed E-state index contributed by atoms with van der Waals surface area (Å²) in [4.78, 5) is 15.3. The molecule has 1 aromatic carbocycles. The van der Waals surface area contributed by atoms with Gasteiger partial charge < -0.3 is 26.7 Å². The van der Waals surface area contributed by atoms with Gasteiger partial charge in [-0.1, -0.05) is 18.2 Å². The number of hydrogen-bond donors (Lipinski definition) is 5. The number of para-hydroxylation sites is 1. The van der Waals surface area contributed by atoms with Gasteiger partial charge in [0.25, 0.3) is 0 Å². The normalized spacial score (nSPS) is 11.2. The van der Waals surface area contributed by atoms with Gasteiger partial charge in [-0.25, -0.2) is 0 Å². The number of amides is 1. The van der Waals surface area contributed by atoms with E-state index in [0.717, 1.165) is 75.0 Å². The number of H-pyrrole nitrogens is 1. The Balaban J connectivity index is 1.40. The largest absolute Gasteiger partial charge is 0.361 e. The zero-order valence-corrected chi connectivity index (χ0v) is 17.1. The van der Waals surface area contributed by atoms with Crippen LogP contribution in [0.15, 0.2) is 30.5 Å². The highest BCUT2D eigenvalue weighted by molar-refractivity contribution is 5.88. The zero-order valence-electron chi connectivity index (χ0n) is 17.1. The Hall–Kier alpha value is -1.89. The summed E-state index contributed by atoms with van der Waals surface area (Å²) in [6.07, 6.45) is 9.16. The molecule has 1 amide bonds. The van der Waals surface area contributed by atoms with Crippen molar-refractivity contribution in [3.63, 3.8) is 0 Å². The smallest absolute Gasteiger partial charge is 0.224 e. The van der Waals surface area contributed by atoms with Crippen LogP contribution in [0.1, 0.15) is 44.1 Å². The third kappa shape index (κ3) is 8.87. The molecular weight excluding hydrogens is 350 g/mol.